The number of amides is 1. The van der Waals surface area contributed by atoms with Gasteiger partial charge in [-0.3, -0.25) is 4.79 Å². The zero-order chi connectivity index (χ0) is 12.8. The molecule has 0 heterocycles. The lowest BCUT2D eigenvalue weighted by Gasteiger charge is -2.12. The SMILES string of the molecule is COCCC(N)C(=O)Nc1cc(Cl)ccc1F. The van der Waals surface area contributed by atoms with Crippen LogP contribution >= 0.6 is 11.6 Å². The number of carbonyl (C=O) groups is 1. The maximum Gasteiger partial charge on any atom is 0.241 e. The second kappa shape index (κ2) is 6.54. The Hall–Kier alpha value is -1.17. The van der Waals surface area contributed by atoms with Crippen LogP contribution in [0.15, 0.2) is 18.2 Å². The number of halogens is 2. The molecule has 0 aliphatic carbocycles. The van der Waals surface area contributed by atoms with Crippen molar-refractivity contribution in [3.05, 3.63) is 29.0 Å². The van der Waals surface area contributed by atoms with E-state index >= 15 is 0 Å². The van der Waals surface area contributed by atoms with Gasteiger partial charge in [-0.1, -0.05) is 11.6 Å². The average Bonchev–Trinajstić information content (AvgIpc) is 2.30. The summed E-state index contributed by atoms with van der Waals surface area (Å²) in [5.41, 5.74) is 5.62. The molecule has 0 aliphatic rings. The van der Waals surface area contributed by atoms with E-state index in [1.807, 2.05) is 0 Å². The van der Waals surface area contributed by atoms with Crippen LogP contribution in [0, 0.1) is 5.82 Å². The number of hydrogen-bond donors (Lipinski definition) is 2. The quantitative estimate of drug-likeness (QED) is 0.848. The third-order valence-corrected chi connectivity index (χ3v) is 2.39. The Morgan fingerprint density at radius 1 is 1.65 bits per heavy atom. The van der Waals surface area contributed by atoms with E-state index in [1.54, 1.807) is 0 Å². The van der Waals surface area contributed by atoms with Crippen LogP contribution in [-0.4, -0.2) is 25.7 Å². The maximum atomic E-state index is 13.3. The molecule has 1 rings (SSSR count). The monoisotopic (exact) mass is 260 g/mol. The number of hydrogen-bond acceptors (Lipinski definition) is 3. The summed E-state index contributed by atoms with van der Waals surface area (Å²) in [6.45, 7) is 0.368. The van der Waals surface area contributed by atoms with Crippen molar-refractivity contribution in [2.75, 3.05) is 19.0 Å². The first-order valence-electron chi connectivity index (χ1n) is 5.05. The Morgan fingerprint density at radius 2 is 2.35 bits per heavy atom. The highest BCUT2D eigenvalue weighted by atomic mass is 35.5. The van der Waals surface area contributed by atoms with Gasteiger partial charge < -0.3 is 15.8 Å². The molecule has 1 amide bonds. The van der Waals surface area contributed by atoms with Gasteiger partial charge >= 0.3 is 0 Å². The van der Waals surface area contributed by atoms with E-state index in [4.69, 9.17) is 22.1 Å². The summed E-state index contributed by atoms with van der Waals surface area (Å²) in [5, 5.41) is 2.72. The molecule has 0 bridgehead atoms. The summed E-state index contributed by atoms with van der Waals surface area (Å²) in [6, 6.07) is 3.17. The smallest absolute Gasteiger partial charge is 0.241 e. The third kappa shape index (κ3) is 4.30. The Balaban J connectivity index is 2.64. The molecule has 0 saturated heterocycles. The van der Waals surface area contributed by atoms with E-state index in [1.165, 1.54) is 25.3 Å². The number of carbonyl (C=O) groups excluding carboxylic acids is 1. The Morgan fingerprint density at radius 3 is 3.00 bits per heavy atom. The first-order valence-corrected chi connectivity index (χ1v) is 5.43. The molecular weight excluding hydrogens is 247 g/mol. The molecule has 0 aliphatic heterocycles. The summed E-state index contributed by atoms with van der Waals surface area (Å²) in [6.07, 6.45) is 0.366. The van der Waals surface area contributed by atoms with Crippen molar-refractivity contribution < 1.29 is 13.9 Å². The van der Waals surface area contributed by atoms with Crippen LogP contribution in [-0.2, 0) is 9.53 Å². The van der Waals surface area contributed by atoms with Gasteiger partial charge in [0.05, 0.1) is 11.7 Å². The van der Waals surface area contributed by atoms with Gasteiger partial charge in [0, 0.05) is 18.7 Å². The maximum absolute atomic E-state index is 13.3. The van der Waals surface area contributed by atoms with Crippen LogP contribution in [0.1, 0.15) is 6.42 Å². The van der Waals surface area contributed by atoms with Crippen molar-refractivity contribution in [2.45, 2.75) is 12.5 Å². The summed E-state index contributed by atoms with van der Waals surface area (Å²) >= 11 is 5.69. The van der Waals surface area contributed by atoms with E-state index in [-0.39, 0.29) is 5.69 Å². The summed E-state index contributed by atoms with van der Waals surface area (Å²) < 4.78 is 18.1. The van der Waals surface area contributed by atoms with Crippen LogP contribution < -0.4 is 11.1 Å². The van der Waals surface area contributed by atoms with Crippen LogP contribution in [0.25, 0.3) is 0 Å². The zero-order valence-corrected chi connectivity index (χ0v) is 10.1. The third-order valence-electron chi connectivity index (χ3n) is 2.16. The molecule has 0 radical (unpaired) electrons. The summed E-state index contributed by atoms with van der Waals surface area (Å²) in [7, 11) is 1.52. The number of methoxy groups -OCH3 is 1. The lowest BCUT2D eigenvalue weighted by Crippen LogP contribution is -2.36. The standard InChI is InChI=1S/C11H14ClFN2O2/c1-17-5-4-9(14)11(16)15-10-6-7(12)2-3-8(10)13/h2-3,6,9H,4-5,14H2,1H3,(H,15,16). The molecule has 4 nitrogen and oxygen atoms in total. The molecule has 17 heavy (non-hydrogen) atoms. The second-order valence-electron chi connectivity index (χ2n) is 3.50. The van der Waals surface area contributed by atoms with E-state index < -0.39 is 17.8 Å². The van der Waals surface area contributed by atoms with Crippen LogP contribution in [0.3, 0.4) is 0 Å². The molecule has 1 aromatic rings. The van der Waals surface area contributed by atoms with E-state index in [0.29, 0.717) is 18.1 Å². The first kappa shape index (κ1) is 13.9. The highest BCUT2D eigenvalue weighted by Gasteiger charge is 2.15. The van der Waals surface area contributed by atoms with Crippen molar-refractivity contribution in [1.29, 1.82) is 0 Å². The fraction of sp³-hybridized carbons (Fsp3) is 0.364. The van der Waals surface area contributed by atoms with Gasteiger partial charge in [-0.25, -0.2) is 4.39 Å². The molecule has 1 atom stereocenters. The lowest BCUT2D eigenvalue weighted by atomic mass is 10.2. The first-order chi connectivity index (χ1) is 8.04. The van der Waals surface area contributed by atoms with Gasteiger partial charge in [0.15, 0.2) is 0 Å². The predicted octanol–water partition coefficient (Wildman–Crippen LogP) is 1.78. The molecular formula is C11H14ClFN2O2. The van der Waals surface area contributed by atoms with Crippen LogP contribution in [0.2, 0.25) is 5.02 Å². The van der Waals surface area contributed by atoms with Crippen molar-refractivity contribution in [3.8, 4) is 0 Å². The fourth-order valence-corrected chi connectivity index (χ4v) is 1.37. The summed E-state index contributed by atoms with van der Waals surface area (Å²) in [4.78, 5) is 11.6. The molecule has 6 heteroatoms. The minimum atomic E-state index is -0.742. The molecule has 0 saturated carbocycles. The molecule has 1 unspecified atom stereocenters. The molecule has 0 fully saturated rings. The van der Waals surface area contributed by atoms with Gasteiger partial charge in [-0.05, 0) is 24.6 Å². The van der Waals surface area contributed by atoms with E-state index in [9.17, 15) is 9.18 Å². The molecule has 1 aromatic carbocycles. The zero-order valence-electron chi connectivity index (χ0n) is 9.37. The van der Waals surface area contributed by atoms with Gasteiger partial charge in [0.1, 0.15) is 5.82 Å². The number of nitrogens with one attached hydrogen (secondary N) is 1. The van der Waals surface area contributed by atoms with Crippen LogP contribution in [0.4, 0.5) is 10.1 Å². The second-order valence-corrected chi connectivity index (χ2v) is 3.94. The van der Waals surface area contributed by atoms with Gasteiger partial charge in [-0.2, -0.15) is 0 Å². The number of benzene rings is 1. The predicted molar refractivity (Wildman–Crippen MR) is 64.5 cm³/mol. The van der Waals surface area contributed by atoms with Crippen molar-refractivity contribution in [1.82, 2.24) is 0 Å². The van der Waals surface area contributed by atoms with E-state index in [0.717, 1.165) is 0 Å². The summed E-state index contributed by atoms with van der Waals surface area (Å²) in [5.74, 6) is -1.02. The van der Waals surface area contributed by atoms with E-state index in [2.05, 4.69) is 5.32 Å². The lowest BCUT2D eigenvalue weighted by molar-refractivity contribution is -0.117. The fourth-order valence-electron chi connectivity index (χ4n) is 1.19. The molecule has 3 N–H and O–H groups in total. The minimum Gasteiger partial charge on any atom is -0.385 e. The van der Waals surface area contributed by atoms with Gasteiger partial charge in [0.2, 0.25) is 5.91 Å². The highest BCUT2D eigenvalue weighted by Crippen LogP contribution is 2.19. The Kier molecular flexibility index (Phi) is 5.34. The van der Waals surface area contributed by atoms with Crippen molar-refractivity contribution in [2.24, 2.45) is 5.73 Å². The minimum absolute atomic E-state index is 0.0235. The number of ether oxygens (including phenoxy) is 1. The normalized spacial score (nSPS) is 12.2. The van der Waals surface area contributed by atoms with Gasteiger partial charge in [0.25, 0.3) is 0 Å². The molecule has 0 aromatic heterocycles. The number of anilines is 1. The van der Waals surface area contributed by atoms with Gasteiger partial charge in [-0.15, -0.1) is 0 Å². The topological polar surface area (TPSA) is 64.3 Å². The molecule has 94 valence electrons. The molecule has 0 spiro atoms. The Bertz CT molecular complexity index is 401. The van der Waals surface area contributed by atoms with Crippen molar-refractivity contribution in [3.63, 3.8) is 0 Å². The Labute approximate surface area is 104 Å². The van der Waals surface area contributed by atoms with Crippen LogP contribution in [0.5, 0.6) is 0 Å². The average molecular weight is 261 g/mol. The number of nitrogens with two attached hydrogens (primary N) is 1. The largest absolute Gasteiger partial charge is 0.385 e. The van der Waals surface area contributed by atoms with Crippen molar-refractivity contribution >= 4 is 23.2 Å². The highest BCUT2D eigenvalue weighted by molar-refractivity contribution is 6.30. The number of rotatable bonds is 5.